The molecule has 7 rings (SSSR count). The summed E-state index contributed by atoms with van der Waals surface area (Å²) in [5.41, 5.74) is 7.29. The fourth-order valence-corrected chi connectivity index (χ4v) is 13.2. The largest absolute Gasteiger partial charge is 0.352 e. The molecule has 26 nitrogen and oxygen atoms in total. The van der Waals surface area contributed by atoms with Crippen LogP contribution in [0.5, 0.6) is 0 Å². The predicted octanol–water partition coefficient (Wildman–Crippen LogP) is 5.28. The Bertz CT molecular complexity index is 4280. The Balaban J connectivity index is 1.49. The van der Waals surface area contributed by atoms with Crippen molar-refractivity contribution >= 4 is 111 Å². The minimum Gasteiger partial charge on any atom is -0.352 e. The molecule has 2 aliphatic heterocycles. The number of amides is 1. The molecule has 0 aliphatic carbocycles. The lowest BCUT2D eigenvalue weighted by atomic mass is 9.79. The summed E-state index contributed by atoms with van der Waals surface area (Å²) in [5, 5.41) is 5.49. The highest BCUT2D eigenvalue weighted by Gasteiger charge is 2.47. The SMILES string of the molecule is CC1(C)C(/C=C/C(=C/C=C2/N(CCS(=O)(=O)O)c3ccc4c(S(=O)(=O)O)cc(S(=O)(=O)O)cc4c3C2(C)C)c2ccc(C(=O)NCCCN=[N+]=[N-])cn2)=[N+](CCS(=O)(=O)O)c2ccc3c(S(=O)(=O)O)cc(S(=O)(=O)O)cc3c21. The third-order valence-corrected chi connectivity index (χ3v) is 17.9. The van der Waals surface area contributed by atoms with Crippen molar-refractivity contribution in [2.45, 2.75) is 64.5 Å². The average Bonchev–Trinajstić information content (AvgIpc) is 3.72. The number of anilines is 1. The minimum absolute atomic E-state index is 0.0759. The molecule has 416 valence electrons. The number of rotatable bonds is 19. The highest BCUT2D eigenvalue weighted by atomic mass is 32.2. The third kappa shape index (κ3) is 12.3. The first kappa shape index (κ1) is 59.1. The van der Waals surface area contributed by atoms with Gasteiger partial charge in [-0.3, -0.25) is 37.1 Å². The number of nitrogens with one attached hydrogen (secondary N) is 1. The fraction of sp³-hybridized carbons (Fsp3) is 0.283. The van der Waals surface area contributed by atoms with Crippen molar-refractivity contribution in [1.82, 2.24) is 10.3 Å². The first-order valence-electron chi connectivity index (χ1n) is 22.7. The van der Waals surface area contributed by atoms with E-state index in [-0.39, 0.29) is 85.4 Å². The normalized spacial score (nSPS) is 16.5. The number of aromatic nitrogens is 1. The van der Waals surface area contributed by atoms with Gasteiger partial charge in [-0.25, -0.2) is 0 Å². The molecule has 32 heteroatoms. The predicted molar refractivity (Wildman–Crippen MR) is 284 cm³/mol. The zero-order chi connectivity index (χ0) is 57.9. The smallest absolute Gasteiger partial charge is 0.295 e. The van der Waals surface area contributed by atoms with Gasteiger partial charge >= 0.3 is 0 Å². The summed E-state index contributed by atoms with van der Waals surface area (Å²) in [6.07, 6.45) is 7.44. The van der Waals surface area contributed by atoms with Crippen LogP contribution in [0.2, 0.25) is 0 Å². The van der Waals surface area contributed by atoms with E-state index in [1.165, 1.54) is 76.4 Å². The van der Waals surface area contributed by atoms with Crippen LogP contribution in [-0.2, 0) is 71.5 Å². The van der Waals surface area contributed by atoms with Gasteiger partial charge < -0.3 is 10.2 Å². The molecule has 0 spiro atoms. The quantitative estimate of drug-likeness (QED) is 0.0105. The van der Waals surface area contributed by atoms with Gasteiger partial charge in [0, 0.05) is 81.6 Å². The Hall–Kier alpha value is -6.52. The maximum absolute atomic E-state index is 13.1. The molecule has 0 saturated carbocycles. The molecule has 0 radical (unpaired) electrons. The number of nitrogens with zero attached hydrogens (tertiary/aromatic N) is 6. The molecule has 5 aromatic rings. The summed E-state index contributed by atoms with van der Waals surface area (Å²) < 4.78 is 212. The van der Waals surface area contributed by atoms with E-state index >= 15 is 0 Å². The van der Waals surface area contributed by atoms with Crippen LogP contribution in [-0.4, -0.2) is 137 Å². The summed E-state index contributed by atoms with van der Waals surface area (Å²) >= 11 is 0. The number of carbonyl (C=O) groups is 1. The Morgan fingerprint density at radius 1 is 0.718 bits per heavy atom. The monoisotopic (exact) mass is 1190 g/mol. The van der Waals surface area contributed by atoms with E-state index in [1.54, 1.807) is 27.7 Å². The molecule has 1 aromatic heterocycles. The summed E-state index contributed by atoms with van der Waals surface area (Å²) in [7, 11) is -30.0. The van der Waals surface area contributed by atoms with E-state index < -0.39 is 122 Å². The molecule has 0 fully saturated rings. The summed E-state index contributed by atoms with van der Waals surface area (Å²) in [5.74, 6) is -2.32. The molecule has 0 saturated heterocycles. The topological polar surface area (TPSA) is 423 Å². The van der Waals surface area contributed by atoms with E-state index in [0.29, 0.717) is 18.6 Å². The Kier molecular flexibility index (Phi) is 15.9. The van der Waals surface area contributed by atoms with Gasteiger partial charge in [-0.15, -0.1) is 0 Å². The van der Waals surface area contributed by atoms with Gasteiger partial charge in [-0.2, -0.15) is 55.1 Å². The van der Waals surface area contributed by atoms with Gasteiger partial charge in [0.25, 0.3) is 66.6 Å². The van der Waals surface area contributed by atoms with E-state index in [2.05, 4.69) is 20.3 Å². The highest BCUT2D eigenvalue weighted by molar-refractivity contribution is 7.87. The maximum Gasteiger partial charge on any atom is 0.295 e. The maximum atomic E-state index is 13.1. The van der Waals surface area contributed by atoms with Crippen LogP contribution in [0.1, 0.15) is 61.3 Å². The van der Waals surface area contributed by atoms with Crippen molar-refractivity contribution in [3.05, 3.63) is 130 Å². The van der Waals surface area contributed by atoms with Crippen LogP contribution in [0.15, 0.2) is 122 Å². The van der Waals surface area contributed by atoms with Gasteiger partial charge in [0.2, 0.25) is 5.69 Å². The molecular formula is C46H48N7O19S6+. The van der Waals surface area contributed by atoms with Gasteiger partial charge in [-0.1, -0.05) is 31.1 Å². The standard InChI is InChI=1S/C46H47N7O19S6/c1-45(2)40(52(18-20-73(55,56)57)36-12-9-31-33(42(36)45)22-29(75(61,62)63)24-38(31)77(67,68)69)14-7-27(35-11-6-28(26-49-35)44(54)48-16-5-17-50-51-47)8-15-41-46(3,4)43-34-23-30(76(64,65)66)25-39(78(70,71)72)32(34)10-13-37(43)53(41)19-21-74(58,59)60/h6-15,22-26H,5,16-21H2,1-4H3,(H6-,48,54,55,56,57,58,59,60,61,62,63,64,65,66,67,68,69,70,71,72)/p+1. The van der Waals surface area contributed by atoms with Crippen LogP contribution >= 0.6 is 0 Å². The lowest BCUT2D eigenvalue weighted by Crippen LogP contribution is -2.30. The lowest BCUT2D eigenvalue weighted by Gasteiger charge is -2.27. The van der Waals surface area contributed by atoms with Crippen LogP contribution < -0.4 is 10.2 Å². The van der Waals surface area contributed by atoms with Crippen molar-refractivity contribution in [3.63, 3.8) is 0 Å². The molecule has 4 aromatic carbocycles. The second-order valence-electron chi connectivity index (χ2n) is 18.9. The van der Waals surface area contributed by atoms with Crippen LogP contribution in [0, 0.1) is 0 Å². The van der Waals surface area contributed by atoms with Crippen LogP contribution in [0.25, 0.3) is 37.6 Å². The summed E-state index contributed by atoms with van der Waals surface area (Å²) in [6.45, 7) is 5.70. The second-order valence-corrected chi connectivity index (χ2v) is 27.6. The van der Waals surface area contributed by atoms with Crippen molar-refractivity contribution in [1.29, 1.82) is 0 Å². The van der Waals surface area contributed by atoms with E-state index in [4.69, 9.17) is 5.53 Å². The lowest BCUT2D eigenvalue weighted by molar-refractivity contribution is -0.432. The van der Waals surface area contributed by atoms with Gasteiger partial charge in [0.05, 0.1) is 32.2 Å². The molecule has 0 atom stereocenters. The number of fused-ring (bicyclic) bond motifs is 6. The Morgan fingerprint density at radius 3 is 1.79 bits per heavy atom. The molecule has 1 amide bonds. The first-order chi connectivity index (χ1) is 35.9. The van der Waals surface area contributed by atoms with Crippen molar-refractivity contribution < 1.29 is 87.2 Å². The zero-order valence-electron chi connectivity index (χ0n) is 41.2. The highest BCUT2D eigenvalue weighted by Crippen LogP contribution is 2.52. The molecule has 7 N–H and O–H groups in total. The number of azide groups is 1. The zero-order valence-corrected chi connectivity index (χ0v) is 46.1. The molecule has 2 aliphatic rings. The number of carbonyl (C=O) groups excluding carboxylic acids is 1. The van der Waals surface area contributed by atoms with Crippen LogP contribution in [0.4, 0.5) is 11.4 Å². The Labute approximate surface area is 447 Å². The average molecular weight is 1200 g/mol. The molecule has 0 bridgehead atoms. The number of hydrogen-bond donors (Lipinski definition) is 7. The third-order valence-electron chi connectivity index (χ3n) is 13.0. The number of pyridine rings is 1. The molecule has 3 heterocycles. The van der Waals surface area contributed by atoms with Crippen molar-refractivity contribution in [2.75, 3.05) is 42.6 Å². The fourth-order valence-electron chi connectivity index (χ4n) is 9.66. The molecule has 0 unspecified atom stereocenters. The van der Waals surface area contributed by atoms with Gasteiger partial charge in [-0.05, 0) is 103 Å². The van der Waals surface area contributed by atoms with E-state index in [1.807, 2.05) is 0 Å². The van der Waals surface area contributed by atoms with Crippen molar-refractivity contribution in [2.24, 2.45) is 5.11 Å². The Morgan fingerprint density at radius 2 is 1.28 bits per heavy atom. The van der Waals surface area contributed by atoms with Crippen LogP contribution in [0.3, 0.4) is 0 Å². The molecular weight excluding hydrogens is 1150 g/mol. The van der Waals surface area contributed by atoms with Gasteiger partial charge in [0.1, 0.15) is 15.5 Å². The van der Waals surface area contributed by atoms with Crippen molar-refractivity contribution in [3.8, 4) is 0 Å². The van der Waals surface area contributed by atoms with E-state index in [9.17, 15) is 82.6 Å². The number of allylic oxidation sites excluding steroid dienone is 6. The number of benzene rings is 4. The molecule has 78 heavy (non-hydrogen) atoms. The van der Waals surface area contributed by atoms with Gasteiger partial charge in [0.15, 0.2) is 12.3 Å². The second kappa shape index (κ2) is 20.9. The number of hydrogen-bond acceptors (Lipinski definition) is 16. The summed E-state index contributed by atoms with van der Waals surface area (Å²) in [4.78, 5) is 18.2. The van der Waals surface area contributed by atoms with E-state index in [0.717, 1.165) is 12.1 Å². The summed E-state index contributed by atoms with van der Waals surface area (Å²) in [6, 6.07) is 11.1. The first-order valence-corrected chi connectivity index (χ1v) is 31.7. The minimum atomic E-state index is -5.17.